The van der Waals surface area contributed by atoms with Crippen LogP contribution in [0, 0.1) is 5.92 Å². The van der Waals surface area contributed by atoms with Gasteiger partial charge in [-0.25, -0.2) is 13.1 Å². The van der Waals surface area contributed by atoms with Crippen LogP contribution < -0.4 is 10.5 Å². The number of nitrogens with one attached hydrogen (secondary N) is 1. The number of nitrogens with two attached hydrogens (primary N) is 1. The Hall–Kier alpha value is -0.950. The molecule has 0 saturated heterocycles. The van der Waals surface area contributed by atoms with Crippen LogP contribution in [-0.4, -0.2) is 28.2 Å². The molecule has 0 amide bonds. The van der Waals surface area contributed by atoms with Gasteiger partial charge in [0.15, 0.2) is 0 Å². The summed E-state index contributed by atoms with van der Waals surface area (Å²) in [4.78, 5) is 0.245. The second-order valence-electron chi connectivity index (χ2n) is 5.55. The van der Waals surface area contributed by atoms with Crippen molar-refractivity contribution in [2.24, 2.45) is 11.7 Å². The van der Waals surface area contributed by atoms with E-state index in [9.17, 15) is 8.42 Å². The SMILES string of the molecule is CC(C)CCOCCNS(=O)(=O)c1ccc(C(C)N)cc1. The van der Waals surface area contributed by atoms with Crippen LogP contribution in [0.5, 0.6) is 0 Å². The molecule has 0 fully saturated rings. The highest BCUT2D eigenvalue weighted by molar-refractivity contribution is 7.89. The van der Waals surface area contributed by atoms with Crippen molar-refractivity contribution in [3.63, 3.8) is 0 Å². The average molecular weight is 314 g/mol. The van der Waals surface area contributed by atoms with E-state index in [0.29, 0.717) is 19.1 Å². The van der Waals surface area contributed by atoms with Crippen molar-refractivity contribution in [3.05, 3.63) is 29.8 Å². The molecular weight excluding hydrogens is 288 g/mol. The number of sulfonamides is 1. The molecule has 5 nitrogen and oxygen atoms in total. The van der Waals surface area contributed by atoms with Gasteiger partial charge in [0.2, 0.25) is 10.0 Å². The zero-order valence-corrected chi connectivity index (χ0v) is 13.8. The fourth-order valence-corrected chi connectivity index (χ4v) is 2.72. The molecule has 1 aromatic rings. The Balaban J connectivity index is 2.43. The minimum absolute atomic E-state index is 0.107. The lowest BCUT2D eigenvalue weighted by Crippen LogP contribution is -2.27. The number of hydrogen-bond acceptors (Lipinski definition) is 4. The summed E-state index contributed by atoms with van der Waals surface area (Å²) in [6.07, 6.45) is 0.978. The number of rotatable bonds is 9. The molecule has 0 spiro atoms. The maximum Gasteiger partial charge on any atom is 0.240 e. The summed E-state index contributed by atoms with van der Waals surface area (Å²) in [7, 11) is -3.48. The van der Waals surface area contributed by atoms with Gasteiger partial charge >= 0.3 is 0 Å². The average Bonchev–Trinajstić information content (AvgIpc) is 2.42. The van der Waals surface area contributed by atoms with Crippen molar-refractivity contribution in [1.29, 1.82) is 0 Å². The van der Waals surface area contributed by atoms with Gasteiger partial charge in [-0.15, -0.1) is 0 Å². The predicted molar refractivity (Wildman–Crippen MR) is 84.5 cm³/mol. The van der Waals surface area contributed by atoms with Crippen LogP contribution in [0.3, 0.4) is 0 Å². The van der Waals surface area contributed by atoms with Crippen LogP contribution in [0.15, 0.2) is 29.2 Å². The first-order valence-electron chi connectivity index (χ1n) is 7.26. The van der Waals surface area contributed by atoms with Gasteiger partial charge in [0.05, 0.1) is 11.5 Å². The second-order valence-corrected chi connectivity index (χ2v) is 7.32. The van der Waals surface area contributed by atoms with Crippen molar-refractivity contribution in [1.82, 2.24) is 4.72 Å². The van der Waals surface area contributed by atoms with Gasteiger partial charge in [-0.05, 0) is 37.0 Å². The van der Waals surface area contributed by atoms with Gasteiger partial charge in [-0.2, -0.15) is 0 Å². The zero-order chi connectivity index (χ0) is 15.9. The van der Waals surface area contributed by atoms with Gasteiger partial charge in [-0.1, -0.05) is 26.0 Å². The molecule has 0 bridgehead atoms. The molecule has 1 aromatic carbocycles. The molecule has 0 aromatic heterocycles. The van der Waals surface area contributed by atoms with Crippen molar-refractivity contribution in [2.45, 2.75) is 38.1 Å². The Kier molecular flexibility index (Phi) is 7.31. The molecule has 1 rings (SSSR count). The largest absolute Gasteiger partial charge is 0.380 e. The molecule has 0 aliphatic rings. The highest BCUT2D eigenvalue weighted by atomic mass is 32.2. The molecule has 1 atom stereocenters. The van der Waals surface area contributed by atoms with E-state index in [2.05, 4.69) is 18.6 Å². The smallest absolute Gasteiger partial charge is 0.240 e. The lowest BCUT2D eigenvalue weighted by atomic mass is 10.1. The van der Waals surface area contributed by atoms with E-state index in [-0.39, 0.29) is 17.5 Å². The van der Waals surface area contributed by atoms with E-state index in [0.717, 1.165) is 12.0 Å². The Morgan fingerprint density at radius 1 is 1.14 bits per heavy atom. The number of ether oxygens (including phenoxy) is 1. The van der Waals surface area contributed by atoms with E-state index in [1.807, 2.05) is 6.92 Å². The van der Waals surface area contributed by atoms with Crippen molar-refractivity contribution < 1.29 is 13.2 Å². The summed E-state index contributed by atoms with van der Waals surface area (Å²) in [6.45, 7) is 7.41. The zero-order valence-electron chi connectivity index (χ0n) is 13.0. The summed E-state index contributed by atoms with van der Waals surface area (Å²) in [5.41, 5.74) is 6.65. The minimum atomic E-state index is -3.48. The monoisotopic (exact) mass is 314 g/mol. The third kappa shape index (κ3) is 6.56. The third-order valence-electron chi connectivity index (χ3n) is 3.09. The van der Waals surface area contributed by atoms with E-state index in [1.54, 1.807) is 24.3 Å². The highest BCUT2D eigenvalue weighted by Gasteiger charge is 2.13. The standard InChI is InChI=1S/C15H26N2O3S/c1-12(2)8-10-20-11-9-17-21(18,19)15-6-4-14(5-7-15)13(3)16/h4-7,12-13,17H,8-11,16H2,1-3H3. The Morgan fingerprint density at radius 3 is 2.29 bits per heavy atom. The van der Waals surface area contributed by atoms with Crippen molar-refractivity contribution >= 4 is 10.0 Å². The molecule has 1 unspecified atom stereocenters. The first kappa shape index (κ1) is 18.1. The van der Waals surface area contributed by atoms with E-state index in [1.165, 1.54) is 0 Å². The van der Waals surface area contributed by atoms with E-state index in [4.69, 9.17) is 10.5 Å². The lowest BCUT2D eigenvalue weighted by molar-refractivity contribution is 0.128. The first-order valence-corrected chi connectivity index (χ1v) is 8.74. The first-order chi connectivity index (χ1) is 9.83. The molecule has 21 heavy (non-hydrogen) atoms. The molecule has 3 N–H and O–H groups in total. The molecule has 0 saturated carbocycles. The van der Waals surface area contributed by atoms with Crippen molar-refractivity contribution in [2.75, 3.05) is 19.8 Å². The maximum atomic E-state index is 12.1. The molecule has 6 heteroatoms. The molecule has 0 aliphatic heterocycles. The summed E-state index contributed by atoms with van der Waals surface area (Å²) in [5.74, 6) is 0.588. The van der Waals surface area contributed by atoms with Crippen LogP contribution in [-0.2, 0) is 14.8 Å². The molecule has 0 aliphatic carbocycles. The van der Waals surface area contributed by atoms with Crippen LogP contribution in [0.25, 0.3) is 0 Å². The predicted octanol–water partition coefficient (Wildman–Crippen LogP) is 2.05. The van der Waals surface area contributed by atoms with Gasteiger partial charge in [0, 0.05) is 19.2 Å². The molecule has 0 heterocycles. The van der Waals surface area contributed by atoms with Gasteiger partial charge in [-0.3, -0.25) is 0 Å². The maximum absolute atomic E-state index is 12.1. The van der Waals surface area contributed by atoms with Gasteiger partial charge < -0.3 is 10.5 Å². The fraction of sp³-hybridized carbons (Fsp3) is 0.600. The topological polar surface area (TPSA) is 81.4 Å². The van der Waals surface area contributed by atoms with Crippen LogP contribution in [0.2, 0.25) is 0 Å². The van der Waals surface area contributed by atoms with E-state index >= 15 is 0 Å². The third-order valence-corrected chi connectivity index (χ3v) is 4.57. The fourth-order valence-electron chi connectivity index (χ4n) is 1.70. The summed E-state index contributed by atoms with van der Waals surface area (Å²) < 4.78 is 32.0. The Labute approximate surface area is 127 Å². The van der Waals surface area contributed by atoms with Crippen LogP contribution in [0.1, 0.15) is 38.8 Å². The highest BCUT2D eigenvalue weighted by Crippen LogP contribution is 2.14. The van der Waals surface area contributed by atoms with Crippen LogP contribution >= 0.6 is 0 Å². The van der Waals surface area contributed by atoms with Gasteiger partial charge in [0.25, 0.3) is 0 Å². The minimum Gasteiger partial charge on any atom is -0.380 e. The molecule has 120 valence electrons. The van der Waals surface area contributed by atoms with Crippen LogP contribution in [0.4, 0.5) is 0 Å². The number of benzene rings is 1. The van der Waals surface area contributed by atoms with E-state index < -0.39 is 10.0 Å². The Bertz CT molecular complexity index is 510. The Morgan fingerprint density at radius 2 is 1.76 bits per heavy atom. The summed E-state index contributed by atoms with van der Waals surface area (Å²) in [5, 5.41) is 0. The number of hydrogen-bond donors (Lipinski definition) is 2. The normalized spacial score (nSPS) is 13.6. The molecule has 0 radical (unpaired) electrons. The van der Waals surface area contributed by atoms with Gasteiger partial charge in [0.1, 0.15) is 0 Å². The second kappa shape index (κ2) is 8.48. The summed E-state index contributed by atoms with van der Waals surface area (Å²) >= 11 is 0. The quantitative estimate of drug-likeness (QED) is 0.684. The lowest BCUT2D eigenvalue weighted by Gasteiger charge is -2.10. The molecular formula is C15H26N2O3S. The summed E-state index contributed by atoms with van der Waals surface area (Å²) in [6, 6.07) is 6.50. The van der Waals surface area contributed by atoms with Crippen molar-refractivity contribution in [3.8, 4) is 0 Å².